The van der Waals surface area contributed by atoms with Gasteiger partial charge in [-0.25, -0.2) is 4.98 Å². The van der Waals surface area contributed by atoms with E-state index in [1.807, 2.05) is 37.3 Å². The van der Waals surface area contributed by atoms with Gasteiger partial charge in [-0.3, -0.25) is 14.7 Å². The third kappa shape index (κ3) is 3.09. The number of para-hydroxylation sites is 1. The Balaban J connectivity index is 1.78. The van der Waals surface area contributed by atoms with Gasteiger partial charge in [-0.15, -0.1) is 0 Å². The van der Waals surface area contributed by atoms with Crippen molar-refractivity contribution in [3.63, 3.8) is 0 Å². The number of nitrogens with zero attached hydrogens (tertiary/aromatic N) is 4. The van der Waals surface area contributed by atoms with Crippen molar-refractivity contribution in [1.29, 1.82) is 0 Å². The Labute approximate surface area is 154 Å². The molecular formula is C19H16N4O2S. The third-order valence-electron chi connectivity index (χ3n) is 4.00. The summed E-state index contributed by atoms with van der Waals surface area (Å²) in [4.78, 5) is 23.5. The molecule has 0 aliphatic carbocycles. The molecule has 3 heterocycles. The molecule has 1 aromatic carbocycles. The van der Waals surface area contributed by atoms with Crippen LogP contribution in [0.3, 0.4) is 0 Å². The van der Waals surface area contributed by atoms with Crippen LogP contribution in [0.4, 0.5) is 5.13 Å². The lowest BCUT2D eigenvalue weighted by Crippen LogP contribution is -2.30. The highest BCUT2D eigenvalue weighted by Gasteiger charge is 2.24. The number of hydrogen-bond donors (Lipinski definition) is 0. The standard InChI is InChI=1S/C19H16N4O2S/c1-12-5-3-7-16-17(12)21-19(26-16)23(11-14-6-4-8-20-10-14)18(24)15-9-13(2)25-22-15/h3-10H,11H2,1-2H3. The van der Waals surface area contributed by atoms with E-state index < -0.39 is 0 Å². The molecule has 0 atom stereocenters. The number of rotatable bonds is 4. The number of hydrogen-bond acceptors (Lipinski definition) is 6. The van der Waals surface area contributed by atoms with Gasteiger partial charge in [-0.1, -0.05) is 34.7 Å². The number of aromatic nitrogens is 3. The van der Waals surface area contributed by atoms with Gasteiger partial charge in [0.25, 0.3) is 5.91 Å². The molecule has 0 radical (unpaired) electrons. The number of carbonyl (C=O) groups is 1. The number of amides is 1. The number of fused-ring (bicyclic) bond motifs is 1. The Morgan fingerprint density at radius 1 is 1.23 bits per heavy atom. The highest BCUT2D eigenvalue weighted by Crippen LogP contribution is 2.32. The van der Waals surface area contributed by atoms with Gasteiger partial charge in [-0.2, -0.15) is 0 Å². The van der Waals surface area contributed by atoms with Crippen LogP contribution in [0.25, 0.3) is 10.2 Å². The zero-order valence-electron chi connectivity index (χ0n) is 14.3. The predicted octanol–water partition coefficient (Wildman–Crippen LogP) is 4.14. The second-order valence-electron chi connectivity index (χ2n) is 5.99. The summed E-state index contributed by atoms with van der Waals surface area (Å²) in [6.07, 6.45) is 3.45. The molecule has 130 valence electrons. The van der Waals surface area contributed by atoms with Crippen molar-refractivity contribution >= 4 is 32.6 Å². The monoisotopic (exact) mass is 364 g/mol. The maximum Gasteiger partial charge on any atom is 0.282 e. The van der Waals surface area contributed by atoms with Crippen LogP contribution in [0.15, 0.2) is 53.3 Å². The number of aryl methyl sites for hydroxylation is 2. The van der Waals surface area contributed by atoms with E-state index in [0.717, 1.165) is 21.3 Å². The van der Waals surface area contributed by atoms with Gasteiger partial charge in [0.2, 0.25) is 0 Å². The molecule has 1 amide bonds. The van der Waals surface area contributed by atoms with Crippen LogP contribution in [0.5, 0.6) is 0 Å². The van der Waals surface area contributed by atoms with Crippen molar-refractivity contribution in [3.05, 3.63) is 71.4 Å². The highest BCUT2D eigenvalue weighted by atomic mass is 32.1. The summed E-state index contributed by atoms with van der Waals surface area (Å²) in [5.74, 6) is 0.345. The molecule has 0 bridgehead atoms. The Bertz CT molecular complexity index is 1070. The van der Waals surface area contributed by atoms with Gasteiger partial charge in [0.1, 0.15) is 5.76 Å². The van der Waals surface area contributed by atoms with Crippen molar-refractivity contribution in [2.75, 3.05) is 4.90 Å². The molecular weight excluding hydrogens is 348 g/mol. The van der Waals surface area contributed by atoms with Gasteiger partial charge < -0.3 is 4.52 Å². The quantitative estimate of drug-likeness (QED) is 0.544. The summed E-state index contributed by atoms with van der Waals surface area (Å²) in [5, 5.41) is 4.50. The first-order valence-corrected chi connectivity index (χ1v) is 8.94. The summed E-state index contributed by atoms with van der Waals surface area (Å²) in [5.41, 5.74) is 3.17. The van der Waals surface area contributed by atoms with Crippen molar-refractivity contribution in [1.82, 2.24) is 15.1 Å². The zero-order valence-corrected chi connectivity index (χ0v) is 15.2. The molecule has 0 aliphatic rings. The molecule has 7 heteroatoms. The van der Waals surface area contributed by atoms with Crippen LogP contribution >= 0.6 is 11.3 Å². The molecule has 0 spiro atoms. The van der Waals surface area contributed by atoms with Gasteiger partial charge in [0.15, 0.2) is 10.8 Å². The van der Waals surface area contributed by atoms with Gasteiger partial charge in [-0.05, 0) is 37.1 Å². The van der Waals surface area contributed by atoms with Crippen LogP contribution in [-0.4, -0.2) is 21.0 Å². The smallest absolute Gasteiger partial charge is 0.282 e. The molecule has 0 fully saturated rings. The van der Waals surface area contributed by atoms with Crippen LogP contribution in [0, 0.1) is 13.8 Å². The highest BCUT2D eigenvalue weighted by molar-refractivity contribution is 7.22. The molecule has 0 N–H and O–H groups in total. The molecule has 4 rings (SSSR count). The fraction of sp³-hybridized carbons (Fsp3) is 0.158. The van der Waals surface area contributed by atoms with Crippen molar-refractivity contribution in [2.24, 2.45) is 0 Å². The SMILES string of the molecule is Cc1cc(C(=O)N(Cc2cccnc2)c2nc3c(C)cccc3s2)no1. The van der Waals surface area contributed by atoms with Gasteiger partial charge in [0, 0.05) is 18.5 Å². The number of carbonyl (C=O) groups excluding carboxylic acids is 1. The topological polar surface area (TPSA) is 72.1 Å². The second kappa shape index (κ2) is 6.68. The maximum absolute atomic E-state index is 13.1. The first-order valence-electron chi connectivity index (χ1n) is 8.12. The fourth-order valence-electron chi connectivity index (χ4n) is 2.70. The van der Waals surface area contributed by atoms with Crippen molar-refractivity contribution in [2.45, 2.75) is 20.4 Å². The lowest BCUT2D eigenvalue weighted by atomic mass is 10.2. The summed E-state index contributed by atoms with van der Waals surface area (Å²) >= 11 is 1.48. The second-order valence-corrected chi connectivity index (χ2v) is 7.00. The molecule has 26 heavy (non-hydrogen) atoms. The third-order valence-corrected chi connectivity index (χ3v) is 5.04. The van der Waals surface area contributed by atoms with Crippen molar-refractivity contribution in [3.8, 4) is 0 Å². The minimum absolute atomic E-state index is 0.248. The molecule has 3 aromatic heterocycles. The minimum Gasteiger partial charge on any atom is -0.361 e. The molecule has 0 saturated carbocycles. The van der Waals surface area contributed by atoms with E-state index in [2.05, 4.69) is 10.1 Å². The number of benzene rings is 1. The largest absolute Gasteiger partial charge is 0.361 e. The first kappa shape index (κ1) is 16.4. The number of pyridine rings is 1. The normalized spacial score (nSPS) is 11.0. The molecule has 0 saturated heterocycles. The average Bonchev–Trinajstić information content (AvgIpc) is 3.27. The Kier molecular flexibility index (Phi) is 4.22. The van der Waals surface area contributed by atoms with Crippen molar-refractivity contribution < 1.29 is 9.32 Å². The average molecular weight is 364 g/mol. The van der Waals surface area contributed by atoms with E-state index >= 15 is 0 Å². The summed E-state index contributed by atoms with van der Waals surface area (Å²) < 4.78 is 6.12. The molecule has 0 aliphatic heterocycles. The van der Waals surface area contributed by atoms with E-state index in [1.54, 1.807) is 30.3 Å². The summed E-state index contributed by atoms with van der Waals surface area (Å²) in [6.45, 7) is 4.13. The molecule has 6 nitrogen and oxygen atoms in total. The fourth-order valence-corrected chi connectivity index (χ4v) is 3.74. The summed E-state index contributed by atoms with van der Waals surface area (Å²) in [7, 11) is 0. The van der Waals surface area contributed by atoms with Gasteiger partial charge in [0.05, 0.1) is 16.8 Å². The van der Waals surface area contributed by atoms with E-state index in [-0.39, 0.29) is 11.6 Å². The predicted molar refractivity (Wildman–Crippen MR) is 100 cm³/mol. The van der Waals surface area contributed by atoms with E-state index in [9.17, 15) is 4.79 Å². The molecule has 4 aromatic rings. The molecule has 0 unspecified atom stereocenters. The lowest BCUT2D eigenvalue weighted by molar-refractivity contribution is 0.0976. The maximum atomic E-state index is 13.1. The Morgan fingerprint density at radius 2 is 2.12 bits per heavy atom. The van der Waals surface area contributed by atoms with Crippen LogP contribution < -0.4 is 4.90 Å². The Hall–Kier alpha value is -3.06. The zero-order chi connectivity index (χ0) is 18.1. The lowest BCUT2D eigenvalue weighted by Gasteiger charge is -2.18. The van der Waals surface area contributed by atoms with E-state index in [1.165, 1.54) is 11.3 Å². The minimum atomic E-state index is -0.248. The Morgan fingerprint density at radius 3 is 2.81 bits per heavy atom. The van der Waals surface area contributed by atoms with E-state index in [0.29, 0.717) is 17.4 Å². The van der Waals surface area contributed by atoms with Crippen LogP contribution in [0.1, 0.15) is 27.4 Å². The summed E-state index contributed by atoms with van der Waals surface area (Å²) in [6, 6.07) is 11.4. The van der Waals surface area contributed by atoms with Crippen LogP contribution in [-0.2, 0) is 6.54 Å². The number of anilines is 1. The van der Waals surface area contributed by atoms with E-state index in [4.69, 9.17) is 9.51 Å². The first-order chi connectivity index (χ1) is 12.6. The number of thiazole rings is 1. The van der Waals surface area contributed by atoms with Gasteiger partial charge >= 0.3 is 0 Å². The van der Waals surface area contributed by atoms with Crippen LogP contribution in [0.2, 0.25) is 0 Å².